The quantitative estimate of drug-likeness (QED) is 0.304. The van der Waals surface area contributed by atoms with Gasteiger partial charge in [0.1, 0.15) is 23.1 Å². The minimum absolute atomic E-state index is 0.820. The van der Waals surface area contributed by atoms with Crippen molar-refractivity contribution in [1.29, 1.82) is 0 Å². The van der Waals surface area contributed by atoms with Gasteiger partial charge in [0.25, 0.3) is 0 Å². The Bertz CT molecular complexity index is 1370. The van der Waals surface area contributed by atoms with E-state index < -0.39 is 0 Å². The second kappa shape index (κ2) is 11.8. The van der Waals surface area contributed by atoms with E-state index >= 15 is 0 Å². The van der Waals surface area contributed by atoms with E-state index in [9.17, 15) is 0 Å². The number of hydrogen-bond donors (Lipinski definition) is 0. The van der Waals surface area contributed by atoms with Gasteiger partial charge in [-0.1, -0.05) is 31.5 Å². The average molecular weight is 515 g/mol. The van der Waals surface area contributed by atoms with Crippen molar-refractivity contribution in [3.05, 3.63) is 65.6 Å². The number of para-hydroxylation sites is 1. The van der Waals surface area contributed by atoms with Crippen LogP contribution in [0.15, 0.2) is 48.5 Å². The van der Waals surface area contributed by atoms with Crippen LogP contribution in [-0.2, 0) is 13.0 Å². The topological polar surface area (TPSA) is 68.5 Å². The number of benzene rings is 2. The van der Waals surface area contributed by atoms with Crippen molar-refractivity contribution in [2.45, 2.75) is 46.1 Å². The van der Waals surface area contributed by atoms with Gasteiger partial charge in [-0.25, -0.2) is 14.6 Å². The van der Waals surface area contributed by atoms with E-state index in [0.29, 0.717) is 0 Å². The SMILES string of the molecule is CCCCc1nc(N2CCCN(Cc3cc(OC)ccc3OC)CC2)c2c(C)nn(-c3ccccc3)c2n1. The van der Waals surface area contributed by atoms with Crippen LogP contribution in [0.5, 0.6) is 11.5 Å². The van der Waals surface area contributed by atoms with Crippen LogP contribution in [0.1, 0.15) is 43.3 Å². The molecule has 1 aliphatic heterocycles. The van der Waals surface area contributed by atoms with Crippen molar-refractivity contribution in [2.24, 2.45) is 0 Å². The summed E-state index contributed by atoms with van der Waals surface area (Å²) in [6, 6.07) is 16.3. The first-order valence-electron chi connectivity index (χ1n) is 13.6. The summed E-state index contributed by atoms with van der Waals surface area (Å²) in [5, 5.41) is 5.97. The molecule has 1 fully saturated rings. The van der Waals surface area contributed by atoms with Crippen molar-refractivity contribution in [3.63, 3.8) is 0 Å². The van der Waals surface area contributed by atoms with E-state index in [2.05, 4.69) is 41.8 Å². The van der Waals surface area contributed by atoms with Gasteiger partial charge in [-0.15, -0.1) is 0 Å². The minimum atomic E-state index is 0.820. The lowest BCUT2D eigenvalue weighted by atomic mass is 10.1. The van der Waals surface area contributed by atoms with Crippen molar-refractivity contribution in [1.82, 2.24) is 24.6 Å². The first kappa shape index (κ1) is 26.0. The van der Waals surface area contributed by atoms with Gasteiger partial charge in [-0.3, -0.25) is 4.90 Å². The Morgan fingerprint density at radius 3 is 2.53 bits per heavy atom. The Balaban J connectivity index is 1.45. The fraction of sp³-hybridized carbons (Fsp3) is 0.433. The Kier molecular flexibility index (Phi) is 8.08. The molecule has 1 saturated heterocycles. The lowest BCUT2D eigenvalue weighted by Gasteiger charge is -2.24. The zero-order valence-electron chi connectivity index (χ0n) is 23.0. The first-order valence-corrected chi connectivity index (χ1v) is 13.6. The molecule has 5 rings (SSSR count). The average Bonchev–Trinajstić information content (AvgIpc) is 3.12. The van der Waals surface area contributed by atoms with Gasteiger partial charge < -0.3 is 14.4 Å². The monoisotopic (exact) mass is 514 g/mol. The summed E-state index contributed by atoms with van der Waals surface area (Å²) in [6.45, 7) is 8.87. The van der Waals surface area contributed by atoms with Crippen LogP contribution in [0.4, 0.5) is 5.82 Å². The molecule has 0 amide bonds. The molecule has 3 heterocycles. The molecule has 8 nitrogen and oxygen atoms in total. The molecule has 4 aromatic rings. The highest BCUT2D eigenvalue weighted by Gasteiger charge is 2.24. The van der Waals surface area contributed by atoms with Crippen LogP contribution in [0.2, 0.25) is 0 Å². The number of aromatic nitrogens is 4. The summed E-state index contributed by atoms with van der Waals surface area (Å²) in [5.74, 6) is 3.66. The number of fused-ring (bicyclic) bond motifs is 1. The molecule has 0 radical (unpaired) electrons. The zero-order valence-corrected chi connectivity index (χ0v) is 23.0. The van der Waals surface area contributed by atoms with Gasteiger partial charge in [0.15, 0.2) is 5.65 Å². The van der Waals surface area contributed by atoms with E-state index in [-0.39, 0.29) is 0 Å². The Hall–Kier alpha value is -3.65. The molecule has 200 valence electrons. The molecule has 2 aromatic heterocycles. The van der Waals surface area contributed by atoms with Crippen LogP contribution in [0.25, 0.3) is 16.7 Å². The fourth-order valence-electron chi connectivity index (χ4n) is 5.22. The summed E-state index contributed by atoms with van der Waals surface area (Å²) in [7, 11) is 3.43. The van der Waals surface area contributed by atoms with Gasteiger partial charge in [0.05, 0.1) is 31.0 Å². The van der Waals surface area contributed by atoms with Gasteiger partial charge in [0.2, 0.25) is 0 Å². The van der Waals surface area contributed by atoms with Crippen LogP contribution < -0.4 is 14.4 Å². The molecule has 8 heteroatoms. The van der Waals surface area contributed by atoms with E-state index in [4.69, 9.17) is 24.5 Å². The molecule has 0 N–H and O–H groups in total. The van der Waals surface area contributed by atoms with Crippen molar-refractivity contribution < 1.29 is 9.47 Å². The summed E-state index contributed by atoms with van der Waals surface area (Å²) in [6.07, 6.45) is 4.10. The third kappa shape index (κ3) is 5.45. The van der Waals surface area contributed by atoms with E-state index in [1.807, 2.05) is 35.0 Å². The summed E-state index contributed by atoms with van der Waals surface area (Å²) in [5.41, 5.74) is 4.02. The van der Waals surface area contributed by atoms with Crippen molar-refractivity contribution in [2.75, 3.05) is 45.3 Å². The molecule has 0 atom stereocenters. The van der Waals surface area contributed by atoms with Crippen LogP contribution >= 0.6 is 0 Å². The second-order valence-electron chi connectivity index (χ2n) is 9.89. The maximum atomic E-state index is 5.63. The molecular formula is C30H38N6O2. The Labute approximate surface area is 225 Å². The molecular weight excluding hydrogens is 476 g/mol. The molecule has 38 heavy (non-hydrogen) atoms. The molecule has 0 saturated carbocycles. The zero-order chi connectivity index (χ0) is 26.5. The molecule has 0 spiro atoms. The summed E-state index contributed by atoms with van der Waals surface area (Å²) >= 11 is 0. The molecule has 0 unspecified atom stereocenters. The summed E-state index contributed by atoms with van der Waals surface area (Å²) < 4.78 is 13.1. The lowest BCUT2D eigenvalue weighted by Crippen LogP contribution is -2.31. The van der Waals surface area contributed by atoms with Crippen LogP contribution in [0, 0.1) is 6.92 Å². The van der Waals surface area contributed by atoms with E-state index in [1.165, 1.54) is 0 Å². The number of rotatable bonds is 9. The van der Waals surface area contributed by atoms with Gasteiger partial charge in [0, 0.05) is 44.7 Å². The van der Waals surface area contributed by atoms with Crippen molar-refractivity contribution >= 4 is 16.9 Å². The smallest absolute Gasteiger partial charge is 0.168 e. The van der Waals surface area contributed by atoms with Crippen molar-refractivity contribution in [3.8, 4) is 17.2 Å². The standard InChI is InChI=1S/C30H38N6O2/c1-5-6-13-27-31-29(28-22(2)33-36(30(28)32-27)24-11-8-7-9-12-24)35-17-10-16-34(18-19-35)21-23-20-25(37-3)14-15-26(23)38-4/h7-9,11-12,14-15,20H,5-6,10,13,16-19,21H2,1-4H3. The summed E-state index contributed by atoms with van der Waals surface area (Å²) in [4.78, 5) is 15.1. The molecule has 0 bridgehead atoms. The van der Waals surface area contributed by atoms with Gasteiger partial charge in [-0.05, 0) is 50.1 Å². The number of methoxy groups -OCH3 is 2. The third-order valence-electron chi connectivity index (χ3n) is 7.25. The number of aryl methyl sites for hydroxylation is 2. The fourth-order valence-corrected chi connectivity index (χ4v) is 5.22. The highest BCUT2D eigenvalue weighted by molar-refractivity contribution is 5.91. The second-order valence-corrected chi connectivity index (χ2v) is 9.89. The third-order valence-corrected chi connectivity index (χ3v) is 7.25. The number of anilines is 1. The minimum Gasteiger partial charge on any atom is -0.497 e. The Morgan fingerprint density at radius 2 is 1.76 bits per heavy atom. The highest BCUT2D eigenvalue weighted by Crippen LogP contribution is 2.31. The molecule has 2 aromatic carbocycles. The number of ether oxygens (including phenoxy) is 2. The predicted octanol–water partition coefficient (Wildman–Crippen LogP) is 5.20. The predicted molar refractivity (Wildman–Crippen MR) is 152 cm³/mol. The number of hydrogen-bond acceptors (Lipinski definition) is 7. The lowest BCUT2D eigenvalue weighted by molar-refractivity contribution is 0.279. The molecule has 0 aliphatic carbocycles. The van der Waals surface area contributed by atoms with Gasteiger partial charge in [-0.2, -0.15) is 5.10 Å². The van der Waals surface area contributed by atoms with E-state index in [0.717, 1.165) is 110 Å². The number of unbranched alkanes of at least 4 members (excludes halogenated alkanes) is 1. The molecule has 1 aliphatic rings. The first-order chi connectivity index (χ1) is 18.6. The maximum absolute atomic E-state index is 5.63. The number of nitrogens with zero attached hydrogens (tertiary/aromatic N) is 6. The van der Waals surface area contributed by atoms with Gasteiger partial charge >= 0.3 is 0 Å². The highest BCUT2D eigenvalue weighted by atomic mass is 16.5. The maximum Gasteiger partial charge on any atom is 0.168 e. The van der Waals surface area contributed by atoms with Crippen LogP contribution in [0.3, 0.4) is 0 Å². The largest absolute Gasteiger partial charge is 0.497 e. The van der Waals surface area contributed by atoms with E-state index in [1.54, 1.807) is 14.2 Å². The Morgan fingerprint density at radius 1 is 0.921 bits per heavy atom. The van der Waals surface area contributed by atoms with Crippen LogP contribution in [-0.4, -0.2) is 65.0 Å². The normalized spacial score (nSPS) is 14.6.